The number of esters is 1. The van der Waals surface area contributed by atoms with Gasteiger partial charge in [0.15, 0.2) is 0 Å². The summed E-state index contributed by atoms with van der Waals surface area (Å²) in [5.41, 5.74) is 1.17. The summed E-state index contributed by atoms with van der Waals surface area (Å²) in [6, 6.07) is 1.65. The van der Waals surface area contributed by atoms with E-state index in [4.69, 9.17) is 0 Å². The second-order valence-corrected chi connectivity index (χ2v) is 6.17. The molecule has 100 valence electrons. The van der Waals surface area contributed by atoms with Crippen LogP contribution < -0.4 is 4.72 Å². The highest BCUT2D eigenvalue weighted by Crippen LogP contribution is 2.17. The number of hydrogen-bond donors (Lipinski definition) is 1. The number of hydrogen-bond acceptors (Lipinski definition) is 5. The topological polar surface area (TPSA) is 85.4 Å². The lowest BCUT2D eigenvalue weighted by Gasteiger charge is -2.08. The first-order chi connectivity index (χ1) is 8.34. The predicted octanol–water partition coefficient (Wildman–Crippen LogP) is 1.46. The number of sulfonamides is 1. The maximum atomic E-state index is 11.7. The van der Waals surface area contributed by atoms with Gasteiger partial charge in [0, 0.05) is 0 Å². The monoisotopic (exact) mass is 336 g/mol. The van der Waals surface area contributed by atoms with Crippen molar-refractivity contribution in [3.63, 3.8) is 0 Å². The Morgan fingerprint density at radius 2 is 2.22 bits per heavy atom. The van der Waals surface area contributed by atoms with E-state index in [1.54, 1.807) is 13.0 Å². The van der Waals surface area contributed by atoms with E-state index >= 15 is 0 Å². The summed E-state index contributed by atoms with van der Waals surface area (Å²) in [5, 5.41) is 0. The molecule has 1 N–H and O–H groups in total. The van der Waals surface area contributed by atoms with Crippen molar-refractivity contribution in [3.05, 3.63) is 22.4 Å². The molecule has 1 aromatic rings. The van der Waals surface area contributed by atoms with Crippen molar-refractivity contribution in [2.45, 2.75) is 13.3 Å². The summed E-state index contributed by atoms with van der Waals surface area (Å²) in [5.74, 6) is -0.889. The van der Waals surface area contributed by atoms with E-state index in [9.17, 15) is 13.2 Å². The Balaban J connectivity index is 2.70. The van der Waals surface area contributed by atoms with Gasteiger partial charge in [-0.25, -0.2) is 13.4 Å². The molecule has 1 aromatic heterocycles. The fourth-order valence-electron chi connectivity index (χ4n) is 1.16. The normalized spacial score (nSPS) is 11.1. The van der Waals surface area contributed by atoms with Gasteiger partial charge in [0.25, 0.3) is 0 Å². The Morgan fingerprint density at radius 3 is 2.78 bits per heavy atom. The van der Waals surface area contributed by atoms with Crippen molar-refractivity contribution < 1.29 is 17.9 Å². The van der Waals surface area contributed by atoms with Crippen LogP contribution in [0.1, 0.15) is 12.0 Å². The number of nitrogens with one attached hydrogen (secondary N) is 1. The number of aryl methyl sites for hydroxylation is 1. The zero-order valence-corrected chi connectivity index (χ0v) is 12.3. The predicted molar refractivity (Wildman–Crippen MR) is 70.7 cm³/mol. The molecule has 0 unspecified atom stereocenters. The van der Waals surface area contributed by atoms with Crippen molar-refractivity contribution in [2.24, 2.45) is 0 Å². The molecule has 0 aliphatic carbocycles. The fourth-order valence-corrected chi connectivity index (χ4v) is 2.39. The van der Waals surface area contributed by atoms with Gasteiger partial charge in [0.05, 0.1) is 31.2 Å². The van der Waals surface area contributed by atoms with E-state index in [1.807, 2.05) is 0 Å². The van der Waals surface area contributed by atoms with E-state index in [2.05, 4.69) is 30.4 Å². The molecule has 0 radical (unpaired) electrons. The van der Waals surface area contributed by atoms with Crippen molar-refractivity contribution in [1.82, 2.24) is 4.98 Å². The number of carbonyl (C=O) groups is 1. The molecule has 1 rings (SSSR count). The molecule has 0 aliphatic rings. The van der Waals surface area contributed by atoms with Crippen LogP contribution in [0.5, 0.6) is 0 Å². The van der Waals surface area contributed by atoms with Crippen LogP contribution in [0.4, 0.5) is 5.69 Å². The molecule has 0 saturated heterocycles. The van der Waals surface area contributed by atoms with Gasteiger partial charge < -0.3 is 4.74 Å². The highest BCUT2D eigenvalue weighted by atomic mass is 79.9. The number of carbonyl (C=O) groups excluding carboxylic acids is 1. The van der Waals surface area contributed by atoms with Crippen molar-refractivity contribution in [1.29, 1.82) is 0 Å². The smallest absolute Gasteiger partial charge is 0.306 e. The second kappa shape index (κ2) is 6.14. The van der Waals surface area contributed by atoms with E-state index in [0.29, 0.717) is 10.3 Å². The Morgan fingerprint density at radius 1 is 1.56 bits per heavy atom. The van der Waals surface area contributed by atoms with Crippen LogP contribution in [0.3, 0.4) is 0 Å². The number of ether oxygens (including phenoxy) is 1. The molecule has 0 atom stereocenters. The van der Waals surface area contributed by atoms with Gasteiger partial charge in [-0.05, 0) is 34.5 Å². The zero-order chi connectivity index (χ0) is 13.8. The highest BCUT2D eigenvalue weighted by molar-refractivity contribution is 9.10. The number of nitrogens with zero attached hydrogens (tertiary/aromatic N) is 1. The molecule has 0 saturated carbocycles. The van der Waals surface area contributed by atoms with E-state index < -0.39 is 16.0 Å². The molecular weight excluding hydrogens is 324 g/mol. The highest BCUT2D eigenvalue weighted by Gasteiger charge is 2.14. The number of methoxy groups -OCH3 is 1. The minimum Gasteiger partial charge on any atom is -0.469 e. The summed E-state index contributed by atoms with van der Waals surface area (Å²) >= 11 is 3.22. The first-order valence-electron chi connectivity index (χ1n) is 5.03. The zero-order valence-electron chi connectivity index (χ0n) is 9.94. The molecule has 0 aromatic carbocycles. The third kappa shape index (κ3) is 4.61. The van der Waals surface area contributed by atoms with Gasteiger partial charge in [-0.3, -0.25) is 9.52 Å². The molecular formula is C10H13BrN2O4S. The molecule has 0 amide bonds. The van der Waals surface area contributed by atoms with Crippen LogP contribution >= 0.6 is 15.9 Å². The quantitative estimate of drug-likeness (QED) is 0.649. The number of pyridine rings is 1. The lowest BCUT2D eigenvalue weighted by Crippen LogP contribution is -2.19. The summed E-state index contributed by atoms with van der Waals surface area (Å²) in [4.78, 5) is 14.8. The maximum absolute atomic E-state index is 11.7. The van der Waals surface area contributed by atoms with Gasteiger partial charge >= 0.3 is 5.97 Å². The molecule has 0 bridgehead atoms. The molecule has 0 spiro atoms. The van der Waals surface area contributed by atoms with Gasteiger partial charge in [0.2, 0.25) is 10.0 Å². The van der Waals surface area contributed by atoms with E-state index in [-0.39, 0.29) is 12.2 Å². The van der Waals surface area contributed by atoms with Gasteiger partial charge in [-0.1, -0.05) is 0 Å². The molecule has 0 fully saturated rings. The lowest BCUT2D eigenvalue weighted by atomic mass is 10.3. The van der Waals surface area contributed by atoms with Crippen molar-refractivity contribution >= 4 is 37.6 Å². The van der Waals surface area contributed by atoms with Crippen LogP contribution in [0.2, 0.25) is 0 Å². The van der Waals surface area contributed by atoms with Crippen LogP contribution in [0.15, 0.2) is 16.9 Å². The Bertz CT molecular complexity index is 545. The molecule has 18 heavy (non-hydrogen) atoms. The summed E-state index contributed by atoms with van der Waals surface area (Å²) in [7, 11) is -2.36. The van der Waals surface area contributed by atoms with Crippen LogP contribution in [0, 0.1) is 6.92 Å². The number of anilines is 1. The largest absolute Gasteiger partial charge is 0.469 e. The first-order valence-corrected chi connectivity index (χ1v) is 7.48. The fraction of sp³-hybridized carbons (Fsp3) is 0.400. The average Bonchev–Trinajstić information content (AvgIpc) is 2.30. The second-order valence-electron chi connectivity index (χ2n) is 3.58. The van der Waals surface area contributed by atoms with E-state index in [0.717, 1.165) is 5.56 Å². The van der Waals surface area contributed by atoms with Crippen molar-refractivity contribution in [3.8, 4) is 0 Å². The Kier molecular flexibility index (Phi) is 5.09. The first kappa shape index (κ1) is 14.9. The van der Waals surface area contributed by atoms with Crippen molar-refractivity contribution in [2.75, 3.05) is 17.6 Å². The van der Waals surface area contributed by atoms with Crippen LogP contribution in [0.25, 0.3) is 0 Å². The Labute approximate surface area is 114 Å². The van der Waals surface area contributed by atoms with Crippen LogP contribution in [-0.4, -0.2) is 32.2 Å². The summed E-state index contributed by atoms with van der Waals surface area (Å²) in [6.45, 7) is 1.79. The minimum atomic E-state index is -3.58. The summed E-state index contributed by atoms with van der Waals surface area (Å²) < 4.78 is 30.7. The van der Waals surface area contributed by atoms with Gasteiger partial charge in [0.1, 0.15) is 4.60 Å². The van der Waals surface area contributed by atoms with Gasteiger partial charge in [-0.15, -0.1) is 0 Å². The SMILES string of the molecule is COC(=O)CCS(=O)(=O)Nc1cnc(Br)c(C)c1. The Hall–Kier alpha value is -1.15. The maximum Gasteiger partial charge on any atom is 0.306 e. The summed E-state index contributed by atoms with van der Waals surface area (Å²) in [6.07, 6.45) is 1.21. The van der Waals surface area contributed by atoms with Gasteiger partial charge in [-0.2, -0.15) is 0 Å². The third-order valence-corrected chi connectivity index (χ3v) is 4.21. The van der Waals surface area contributed by atoms with Crippen LogP contribution in [-0.2, 0) is 19.6 Å². The number of rotatable bonds is 5. The van der Waals surface area contributed by atoms with E-state index in [1.165, 1.54) is 13.3 Å². The lowest BCUT2D eigenvalue weighted by molar-refractivity contribution is -0.140. The molecule has 1 heterocycles. The third-order valence-electron chi connectivity index (χ3n) is 2.09. The molecule has 0 aliphatic heterocycles. The number of halogens is 1. The average molecular weight is 337 g/mol. The number of aromatic nitrogens is 1. The molecule has 8 heteroatoms. The minimum absolute atomic E-state index is 0.186. The molecule has 6 nitrogen and oxygen atoms in total. The standard InChI is InChI=1S/C10H13BrN2O4S/c1-7-5-8(6-12-10(7)11)13-18(15,16)4-3-9(14)17-2/h5-6,13H,3-4H2,1-2H3.